The number of nitrogens with one attached hydrogen (secondary N) is 1. The van der Waals surface area contributed by atoms with Gasteiger partial charge in [0, 0.05) is 18.9 Å². The van der Waals surface area contributed by atoms with Crippen LogP contribution in [0, 0.1) is 11.8 Å². The number of aliphatic carboxylic acids is 1. The molecule has 4 heteroatoms. The van der Waals surface area contributed by atoms with Gasteiger partial charge in [-0.25, -0.2) is 0 Å². The molecule has 0 aromatic carbocycles. The van der Waals surface area contributed by atoms with Crippen LogP contribution in [0.25, 0.3) is 0 Å². The monoisotopic (exact) mass is 234 g/mol. The van der Waals surface area contributed by atoms with Crippen LogP contribution in [0.3, 0.4) is 0 Å². The summed E-state index contributed by atoms with van der Waals surface area (Å²) < 4.78 is 0. The number of rotatable bonds is 5. The van der Waals surface area contributed by atoms with Crippen LogP contribution in [0.1, 0.15) is 18.4 Å². The van der Waals surface area contributed by atoms with E-state index in [0.29, 0.717) is 6.54 Å². The molecule has 2 rings (SSSR count). The summed E-state index contributed by atoms with van der Waals surface area (Å²) >= 11 is 0. The molecule has 0 bridgehead atoms. The summed E-state index contributed by atoms with van der Waals surface area (Å²) in [6.45, 7) is 1.46. The molecule has 1 aliphatic heterocycles. The van der Waals surface area contributed by atoms with Gasteiger partial charge >= 0.3 is 5.97 Å². The van der Waals surface area contributed by atoms with Crippen LogP contribution in [0.2, 0.25) is 0 Å². The summed E-state index contributed by atoms with van der Waals surface area (Å²) in [7, 11) is 0. The van der Waals surface area contributed by atoms with E-state index in [4.69, 9.17) is 5.11 Å². The topological polar surface area (TPSA) is 62.2 Å². The van der Waals surface area contributed by atoms with E-state index < -0.39 is 5.97 Å². The Kier molecular flexibility index (Phi) is 4.09. The van der Waals surface area contributed by atoms with E-state index in [0.717, 1.165) is 25.8 Å². The predicted molar refractivity (Wildman–Crippen MR) is 64.7 cm³/mol. The van der Waals surface area contributed by atoms with Gasteiger partial charge in [0.2, 0.25) is 0 Å². The second kappa shape index (κ2) is 5.77. The van der Waals surface area contributed by atoms with E-state index in [1.807, 2.05) is 12.1 Å². The Morgan fingerprint density at radius 2 is 2.18 bits per heavy atom. The summed E-state index contributed by atoms with van der Waals surface area (Å²) in [6.07, 6.45) is 6.62. The van der Waals surface area contributed by atoms with Gasteiger partial charge in [0.1, 0.15) is 0 Å². The highest BCUT2D eigenvalue weighted by Gasteiger charge is 2.31. The largest absolute Gasteiger partial charge is 0.481 e. The van der Waals surface area contributed by atoms with Crippen LogP contribution in [0.5, 0.6) is 0 Å². The fourth-order valence-corrected chi connectivity index (χ4v) is 2.44. The van der Waals surface area contributed by atoms with Crippen molar-refractivity contribution >= 4 is 5.97 Å². The average Bonchev–Trinajstić information content (AvgIpc) is 2.79. The molecule has 4 nitrogen and oxygen atoms in total. The number of hydrogen-bond donors (Lipinski definition) is 2. The summed E-state index contributed by atoms with van der Waals surface area (Å²) in [5.74, 6) is -0.578. The minimum absolute atomic E-state index is 0.201. The third-order valence-corrected chi connectivity index (χ3v) is 3.45. The summed E-state index contributed by atoms with van der Waals surface area (Å²) in [4.78, 5) is 15.0. The maximum absolute atomic E-state index is 11.0. The molecular formula is C13H18N2O2. The molecule has 2 heterocycles. The number of carbonyl (C=O) groups is 1. The van der Waals surface area contributed by atoms with Crippen LogP contribution < -0.4 is 5.32 Å². The van der Waals surface area contributed by atoms with Crippen molar-refractivity contribution in [3.8, 4) is 0 Å². The minimum Gasteiger partial charge on any atom is -0.481 e. The number of aryl methyl sites for hydroxylation is 1. The van der Waals surface area contributed by atoms with E-state index in [9.17, 15) is 4.79 Å². The predicted octanol–water partition coefficient (Wildman–Crippen LogP) is 1.32. The number of hydrogen-bond acceptors (Lipinski definition) is 3. The fraction of sp³-hybridized carbons (Fsp3) is 0.538. The number of carboxylic acids is 1. The molecule has 1 aromatic rings. The molecule has 1 fully saturated rings. The Morgan fingerprint density at radius 3 is 2.88 bits per heavy atom. The lowest BCUT2D eigenvalue weighted by molar-refractivity contribution is -0.142. The maximum Gasteiger partial charge on any atom is 0.308 e. The molecule has 0 amide bonds. The maximum atomic E-state index is 11.0. The molecule has 0 spiro atoms. The van der Waals surface area contributed by atoms with Gasteiger partial charge in [-0.2, -0.15) is 0 Å². The van der Waals surface area contributed by atoms with Gasteiger partial charge in [-0.3, -0.25) is 9.78 Å². The molecular weight excluding hydrogens is 216 g/mol. The van der Waals surface area contributed by atoms with E-state index in [2.05, 4.69) is 10.3 Å². The van der Waals surface area contributed by atoms with E-state index >= 15 is 0 Å². The molecule has 2 N–H and O–H groups in total. The highest BCUT2D eigenvalue weighted by molar-refractivity contribution is 5.71. The standard InChI is InChI=1S/C13H18N2O2/c16-13(17)12-9-15-8-11(12)3-1-2-10-4-6-14-7-5-10/h4-7,11-12,15H,1-3,8-9H2,(H,16,17). The Morgan fingerprint density at radius 1 is 1.41 bits per heavy atom. The van der Waals surface area contributed by atoms with Crippen molar-refractivity contribution in [3.63, 3.8) is 0 Å². The van der Waals surface area contributed by atoms with Crippen LogP contribution >= 0.6 is 0 Å². The highest BCUT2D eigenvalue weighted by atomic mass is 16.4. The van der Waals surface area contributed by atoms with E-state index in [-0.39, 0.29) is 11.8 Å². The normalized spacial score (nSPS) is 23.8. The van der Waals surface area contributed by atoms with Crippen molar-refractivity contribution in [2.45, 2.75) is 19.3 Å². The summed E-state index contributed by atoms with van der Waals surface area (Å²) in [5, 5.41) is 12.2. The van der Waals surface area contributed by atoms with Gasteiger partial charge < -0.3 is 10.4 Å². The van der Waals surface area contributed by atoms with Crippen LogP contribution in [-0.4, -0.2) is 29.1 Å². The van der Waals surface area contributed by atoms with Gasteiger partial charge in [0.05, 0.1) is 5.92 Å². The second-order valence-corrected chi connectivity index (χ2v) is 4.61. The number of carboxylic acid groups (broad SMARTS) is 1. The molecule has 17 heavy (non-hydrogen) atoms. The van der Waals surface area contributed by atoms with Crippen molar-refractivity contribution in [2.75, 3.05) is 13.1 Å². The second-order valence-electron chi connectivity index (χ2n) is 4.61. The van der Waals surface area contributed by atoms with Crippen molar-refractivity contribution in [1.82, 2.24) is 10.3 Å². The molecule has 0 radical (unpaired) electrons. The van der Waals surface area contributed by atoms with E-state index in [1.54, 1.807) is 12.4 Å². The lowest BCUT2D eigenvalue weighted by atomic mass is 9.90. The van der Waals surface area contributed by atoms with E-state index in [1.165, 1.54) is 5.56 Å². The zero-order valence-electron chi connectivity index (χ0n) is 9.80. The summed E-state index contributed by atoms with van der Waals surface area (Å²) in [5.41, 5.74) is 1.28. The van der Waals surface area contributed by atoms with Crippen molar-refractivity contribution in [3.05, 3.63) is 30.1 Å². The zero-order valence-corrected chi connectivity index (χ0v) is 9.80. The Labute approximate surface area is 101 Å². The van der Waals surface area contributed by atoms with Crippen molar-refractivity contribution in [1.29, 1.82) is 0 Å². The van der Waals surface area contributed by atoms with Gasteiger partial charge in [-0.1, -0.05) is 0 Å². The zero-order chi connectivity index (χ0) is 12.1. The number of aromatic nitrogens is 1. The van der Waals surface area contributed by atoms with Crippen LogP contribution in [-0.2, 0) is 11.2 Å². The quantitative estimate of drug-likeness (QED) is 0.806. The molecule has 2 unspecified atom stereocenters. The SMILES string of the molecule is O=C(O)C1CNCC1CCCc1ccncc1. The van der Waals surface area contributed by atoms with Crippen molar-refractivity contribution in [2.24, 2.45) is 11.8 Å². The third-order valence-electron chi connectivity index (χ3n) is 3.45. The molecule has 0 saturated carbocycles. The number of nitrogens with zero attached hydrogens (tertiary/aromatic N) is 1. The van der Waals surface area contributed by atoms with Crippen molar-refractivity contribution < 1.29 is 9.90 Å². The fourth-order valence-electron chi connectivity index (χ4n) is 2.44. The van der Waals surface area contributed by atoms with Gasteiger partial charge in [0.15, 0.2) is 0 Å². The van der Waals surface area contributed by atoms with Gasteiger partial charge in [-0.15, -0.1) is 0 Å². The first-order chi connectivity index (χ1) is 8.27. The third kappa shape index (κ3) is 3.27. The smallest absolute Gasteiger partial charge is 0.308 e. The summed E-state index contributed by atoms with van der Waals surface area (Å²) in [6, 6.07) is 4.03. The lowest BCUT2D eigenvalue weighted by Crippen LogP contribution is -2.22. The first-order valence-electron chi connectivity index (χ1n) is 6.10. The molecule has 92 valence electrons. The first kappa shape index (κ1) is 12.0. The first-order valence-corrected chi connectivity index (χ1v) is 6.10. The van der Waals surface area contributed by atoms with Gasteiger partial charge in [-0.05, 0) is 49.4 Å². The molecule has 1 aromatic heterocycles. The molecule has 1 aliphatic rings. The van der Waals surface area contributed by atoms with Crippen LogP contribution in [0.15, 0.2) is 24.5 Å². The molecule has 1 saturated heterocycles. The number of pyridine rings is 1. The van der Waals surface area contributed by atoms with Crippen LogP contribution in [0.4, 0.5) is 0 Å². The Bertz CT molecular complexity index is 367. The molecule has 0 aliphatic carbocycles. The Hall–Kier alpha value is -1.42. The molecule has 2 atom stereocenters. The average molecular weight is 234 g/mol. The lowest BCUT2D eigenvalue weighted by Gasteiger charge is -2.13. The minimum atomic E-state index is -0.663. The van der Waals surface area contributed by atoms with Gasteiger partial charge in [0.25, 0.3) is 0 Å². The highest BCUT2D eigenvalue weighted by Crippen LogP contribution is 2.22. The Balaban J connectivity index is 1.77.